The van der Waals surface area contributed by atoms with Crippen LogP contribution in [0.5, 0.6) is 5.75 Å². The van der Waals surface area contributed by atoms with Crippen LogP contribution >= 0.6 is 0 Å². The van der Waals surface area contributed by atoms with Crippen LogP contribution in [0, 0.1) is 6.92 Å². The average Bonchev–Trinajstić information content (AvgIpc) is 2.59. The summed E-state index contributed by atoms with van der Waals surface area (Å²) in [6.45, 7) is 1.58. The lowest BCUT2D eigenvalue weighted by molar-refractivity contribution is -0.139. The normalized spacial score (nSPS) is 10.4. The standard InChI is InChI=1S/C20H17NO4/c1-13-8-9-17-14(10-13)4-2-7-18(17)20(24)21-15-5-3-6-16(11-15)25-12-19(22)23/h2-11H,12H2,1H3,(H,21,24)(H,22,23). The second kappa shape index (κ2) is 7.05. The van der Waals surface area contributed by atoms with Gasteiger partial charge in [-0.3, -0.25) is 4.79 Å². The van der Waals surface area contributed by atoms with Gasteiger partial charge in [-0.05, 0) is 35.9 Å². The van der Waals surface area contributed by atoms with E-state index in [0.717, 1.165) is 16.3 Å². The number of carboxylic acids is 1. The molecule has 3 aromatic rings. The minimum atomic E-state index is -1.06. The largest absolute Gasteiger partial charge is 0.482 e. The van der Waals surface area contributed by atoms with Gasteiger partial charge in [0.15, 0.2) is 6.61 Å². The number of amides is 1. The highest BCUT2D eigenvalue weighted by molar-refractivity contribution is 6.13. The zero-order chi connectivity index (χ0) is 17.8. The third-order valence-electron chi connectivity index (χ3n) is 3.73. The maximum absolute atomic E-state index is 12.6. The lowest BCUT2D eigenvalue weighted by Crippen LogP contribution is -2.13. The number of ether oxygens (including phenoxy) is 1. The Kier molecular flexibility index (Phi) is 4.66. The molecule has 2 N–H and O–H groups in total. The van der Waals surface area contributed by atoms with Crippen molar-refractivity contribution in [2.24, 2.45) is 0 Å². The number of hydrogen-bond acceptors (Lipinski definition) is 3. The summed E-state index contributed by atoms with van der Waals surface area (Å²) in [5, 5.41) is 13.4. The Balaban J connectivity index is 1.83. The first-order chi connectivity index (χ1) is 12.0. The van der Waals surface area contributed by atoms with Crippen LogP contribution in [0.25, 0.3) is 10.8 Å². The molecule has 3 aromatic carbocycles. The van der Waals surface area contributed by atoms with E-state index in [2.05, 4.69) is 5.32 Å². The molecule has 126 valence electrons. The highest BCUT2D eigenvalue weighted by atomic mass is 16.5. The summed E-state index contributed by atoms with van der Waals surface area (Å²) >= 11 is 0. The molecule has 0 fully saturated rings. The van der Waals surface area contributed by atoms with E-state index in [0.29, 0.717) is 17.0 Å². The monoisotopic (exact) mass is 335 g/mol. The van der Waals surface area contributed by atoms with Crippen molar-refractivity contribution in [3.05, 3.63) is 71.8 Å². The second-order valence-electron chi connectivity index (χ2n) is 5.69. The number of rotatable bonds is 5. The molecule has 5 heteroatoms. The fourth-order valence-corrected chi connectivity index (χ4v) is 2.61. The Hall–Kier alpha value is -3.34. The molecular formula is C20H17NO4. The molecule has 0 saturated carbocycles. The van der Waals surface area contributed by atoms with Crippen molar-refractivity contribution in [3.8, 4) is 5.75 Å². The minimum absolute atomic E-state index is 0.232. The zero-order valence-electron chi connectivity index (χ0n) is 13.7. The fourth-order valence-electron chi connectivity index (χ4n) is 2.61. The third-order valence-corrected chi connectivity index (χ3v) is 3.73. The number of carbonyl (C=O) groups excluding carboxylic acids is 1. The van der Waals surface area contributed by atoms with Gasteiger partial charge in [0.05, 0.1) is 0 Å². The summed E-state index contributed by atoms with van der Waals surface area (Å²) in [4.78, 5) is 23.2. The van der Waals surface area contributed by atoms with Crippen LogP contribution < -0.4 is 10.1 Å². The molecule has 0 radical (unpaired) electrons. The maximum Gasteiger partial charge on any atom is 0.341 e. The molecule has 0 saturated heterocycles. The Bertz CT molecular complexity index is 949. The number of fused-ring (bicyclic) bond motifs is 1. The van der Waals surface area contributed by atoms with Crippen molar-refractivity contribution in [1.29, 1.82) is 0 Å². The van der Waals surface area contributed by atoms with Gasteiger partial charge in [0.1, 0.15) is 5.75 Å². The Morgan fingerprint density at radius 3 is 2.64 bits per heavy atom. The number of aryl methyl sites for hydroxylation is 1. The molecule has 0 aromatic heterocycles. The van der Waals surface area contributed by atoms with Crippen molar-refractivity contribution >= 4 is 28.3 Å². The first kappa shape index (κ1) is 16.5. The molecule has 0 atom stereocenters. The van der Waals surface area contributed by atoms with Gasteiger partial charge in [-0.15, -0.1) is 0 Å². The average molecular weight is 335 g/mol. The number of benzene rings is 3. The second-order valence-corrected chi connectivity index (χ2v) is 5.69. The molecule has 5 nitrogen and oxygen atoms in total. The summed E-state index contributed by atoms with van der Waals surface area (Å²) < 4.78 is 5.13. The van der Waals surface area contributed by atoms with Crippen molar-refractivity contribution in [3.63, 3.8) is 0 Å². The summed E-state index contributed by atoms with van der Waals surface area (Å²) in [5.41, 5.74) is 2.25. The van der Waals surface area contributed by atoms with Gasteiger partial charge < -0.3 is 15.2 Å². The first-order valence-electron chi connectivity index (χ1n) is 7.78. The zero-order valence-corrected chi connectivity index (χ0v) is 13.7. The van der Waals surface area contributed by atoms with E-state index in [1.807, 2.05) is 37.3 Å². The number of hydrogen-bond donors (Lipinski definition) is 2. The number of aliphatic carboxylic acids is 1. The lowest BCUT2D eigenvalue weighted by atomic mass is 10.0. The van der Waals surface area contributed by atoms with Gasteiger partial charge in [0, 0.05) is 17.3 Å². The maximum atomic E-state index is 12.6. The van der Waals surface area contributed by atoms with Gasteiger partial charge in [0.2, 0.25) is 0 Å². The molecule has 25 heavy (non-hydrogen) atoms. The number of nitrogens with one attached hydrogen (secondary N) is 1. The smallest absolute Gasteiger partial charge is 0.341 e. The van der Waals surface area contributed by atoms with E-state index in [1.165, 1.54) is 0 Å². The molecule has 0 aliphatic carbocycles. The topological polar surface area (TPSA) is 75.6 Å². The highest BCUT2D eigenvalue weighted by Gasteiger charge is 2.11. The SMILES string of the molecule is Cc1ccc2c(C(=O)Nc3cccc(OCC(=O)O)c3)cccc2c1. The number of carbonyl (C=O) groups is 2. The molecule has 0 bridgehead atoms. The fraction of sp³-hybridized carbons (Fsp3) is 0.100. The minimum Gasteiger partial charge on any atom is -0.482 e. The molecule has 0 aliphatic heterocycles. The van der Waals surface area contributed by atoms with Crippen LogP contribution in [-0.2, 0) is 4.79 Å². The quantitative estimate of drug-likeness (QED) is 0.742. The van der Waals surface area contributed by atoms with E-state index in [4.69, 9.17) is 9.84 Å². The number of anilines is 1. The number of carboxylic acid groups (broad SMARTS) is 1. The van der Waals surface area contributed by atoms with E-state index < -0.39 is 12.6 Å². The summed E-state index contributed by atoms with van der Waals surface area (Å²) in [6, 6.07) is 18.2. The van der Waals surface area contributed by atoms with Gasteiger partial charge in [-0.2, -0.15) is 0 Å². The van der Waals surface area contributed by atoms with Crippen LogP contribution in [0.1, 0.15) is 15.9 Å². The van der Waals surface area contributed by atoms with Gasteiger partial charge >= 0.3 is 5.97 Å². The summed E-state index contributed by atoms with van der Waals surface area (Å²) in [7, 11) is 0. The van der Waals surface area contributed by atoms with Gasteiger partial charge in [-0.25, -0.2) is 4.79 Å². The molecule has 0 spiro atoms. The van der Waals surface area contributed by atoms with E-state index in [1.54, 1.807) is 30.3 Å². The molecule has 3 rings (SSSR count). The first-order valence-corrected chi connectivity index (χ1v) is 7.78. The van der Waals surface area contributed by atoms with Crippen molar-refractivity contribution in [2.75, 3.05) is 11.9 Å². The van der Waals surface area contributed by atoms with Crippen LogP contribution in [0.2, 0.25) is 0 Å². The third kappa shape index (κ3) is 3.95. The van der Waals surface area contributed by atoms with Gasteiger partial charge in [-0.1, -0.05) is 42.0 Å². The van der Waals surface area contributed by atoms with Crippen LogP contribution in [-0.4, -0.2) is 23.6 Å². The highest BCUT2D eigenvalue weighted by Crippen LogP contribution is 2.23. The van der Waals surface area contributed by atoms with Crippen LogP contribution in [0.15, 0.2) is 60.7 Å². The van der Waals surface area contributed by atoms with Crippen molar-refractivity contribution in [1.82, 2.24) is 0 Å². The Morgan fingerprint density at radius 2 is 1.84 bits per heavy atom. The van der Waals surface area contributed by atoms with E-state index in [9.17, 15) is 9.59 Å². The van der Waals surface area contributed by atoms with Crippen LogP contribution in [0.3, 0.4) is 0 Å². The molecule has 0 aliphatic rings. The van der Waals surface area contributed by atoms with Crippen molar-refractivity contribution < 1.29 is 19.4 Å². The molecule has 1 amide bonds. The molecular weight excluding hydrogens is 318 g/mol. The predicted octanol–water partition coefficient (Wildman–Crippen LogP) is 3.86. The molecule has 0 heterocycles. The lowest BCUT2D eigenvalue weighted by Gasteiger charge is -2.10. The van der Waals surface area contributed by atoms with E-state index >= 15 is 0 Å². The van der Waals surface area contributed by atoms with Crippen molar-refractivity contribution in [2.45, 2.75) is 6.92 Å². The Labute approximate surface area is 144 Å². The van der Waals surface area contributed by atoms with Gasteiger partial charge in [0.25, 0.3) is 5.91 Å². The Morgan fingerprint density at radius 1 is 1.04 bits per heavy atom. The summed E-state index contributed by atoms with van der Waals surface area (Å²) in [6.07, 6.45) is 0. The molecule has 0 unspecified atom stereocenters. The van der Waals surface area contributed by atoms with Crippen LogP contribution in [0.4, 0.5) is 5.69 Å². The van der Waals surface area contributed by atoms with E-state index in [-0.39, 0.29) is 5.91 Å². The predicted molar refractivity (Wildman–Crippen MR) is 96.2 cm³/mol. The summed E-state index contributed by atoms with van der Waals surface area (Å²) in [5.74, 6) is -0.904.